The van der Waals surface area contributed by atoms with Crippen LogP contribution in [0.5, 0.6) is 0 Å². The Kier molecular flexibility index (Phi) is 5.65. The minimum atomic E-state index is -1.54. The van der Waals surface area contributed by atoms with Gasteiger partial charge in [0.25, 0.3) is 0 Å². The molecule has 0 amide bonds. The average Bonchev–Trinajstić information content (AvgIpc) is 3.10. The first-order chi connectivity index (χ1) is 11.9. The Morgan fingerprint density at radius 1 is 1.12 bits per heavy atom. The summed E-state index contributed by atoms with van der Waals surface area (Å²) in [6, 6.07) is 0. The molecule has 138 valence electrons. The van der Waals surface area contributed by atoms with Crippen LogP contribution in [0.4, 0.5) is 0 Å². The molecule has 0 aromatic rings. The molecule has 2 aliphatic carbocycles. The zero-order valence-electron chi connectivity index (χ0n) is 15.0. The van der Waals surface area contributed by atoms with Gasteiger partial charge in [0.05, 0.1) is 26.2 Å². The molecule has 0 aliphatic heterocycles. The number of esters is 3. The van der Waals surface area contributed by atoms with Gasteiger partial charge in [-0.15, -0.1) is 0 Å². The number of hydrogen-bond donors (Lipinski definition) is 0. The first kappa shape index (κ1) is 19.1. The third-order valence-corrected chi connectivity index (χ3v) is 5.15. The summed E-state index contributed by atoms with van der Waals surface area (Å²) in [6.07, 6.45) is 1.65. The second kappa shape index (κ2) is 7.37. The van der Waals surface area contributed by atoms with E-state index in [1.54, 1.807) is 26.8 Å². The first-order valence-electron chi connectivity index (χ1n) is 8.50. The van der Waals surface area contributed by atoms with Crippen molar-refractivity contribution in [3.8, 4) is 0 Å². The first-order valence-corrected chi connectivity index (χ1v) is 8.50. The fraction of sp³-hybridized carbons (Fsp3) is 0.667. The van der Waals surface area contributed by atoms with Crippen molar-refractivity contribution in [2.75, 3.05) is 20.3 Å². The highest BCUT2D eigenvalue weighted by atomic mass is 16.6. The van der Waals surface area contributed by atoms with Crippen LogP contribution in [-0.2, 0) is 33.4 Å². The third kappa shape index (κ3) is 2.96. The summed E-state index contributed by atoms with van der Waals surface area (Å²) in [5, 5.41) is 0. The van der Waals surface area contributed by atoms with Gasteiger partial charge in [-0.3, -0.25) is 19.2 Å². The van der Waals surface area contributed by atoms with Crippen LogP contribution in [0.3, 0.4) is 0 Å². The maximum Gasteiger partial charge on any atom is 0.323 e. The predicted molar refractivity (Wildman–Crippen MR) is 86.2 cm³/mol. The second-order valence-corrected chi connectivity index (χ2v) is 6.31. The number of carbonyl (C=O) groups is 4. The van der Waals surface area contributed by atoms with Crippen LogP contribution in [0.2, 0.25) is 0 Å². The highest BCUT2D eigenvalue weighted by Crippen LogP contribution is 2.56. The van der Waals surface area contributed by atoms with Crippen molar-refractivity contribution >= 4 is 23.7 Å². The Morgan fingerprint density at radius 3 is 2.12 bits per heavy atom. The maximum atomic E-state index is 12.7. The van der Waals surface area contributed by atoms with E-state index in [4.69, 9.17) is 14.2 Å². The van der Waals surface area contributed by atoms with Crippen molar-refractivity contribution in [3.05, 3.63) is 11.6 Å². The van der Waals surface area contributed by atoms with Gasteiger partial charge in [-0.2, -0.15) is 0 Å². The van der Waals surface area contributed by atoms with Gasteiger partial charge in [0.15, 0.2) is 11.2 Å². The molecular weight excluding hydrogens is 328 g/mol. The largest absolute Gasteiger partial charge is 0.469 e. The number of hydrogen-bond acceptors (Lipinski definition) is 7. The standard InChI is InChI=1S/C18H24O7/c1-5-10-13(15(20)23-4)11-8-18(16(21)24-6-2,17(22)25-7-3)9-12(11)14(10)19/h5,11-13H,6-9H2,1-4H3/b10-5+/t11-,12+,13-/m0/s1. The van der Waals surface area contributed by atoms with E-state index in [1.807, 2.05) is 0 Å². The molecule has 0 heterocycles. The van der Waals surface area contributed by atoms with E-state index in [1.165, 1.54) is 7.11 Å². The smallest absolute Gasteiger partial charge is 0.323 e. The van der Waals surface area contributed by atoms with E-state index < -0.39 is 41.1 Å². The lowest BCUT2D eigenvalue weighted by atomic mass is 9.80. The van der Waals surface area contributed by atoms with Crippen molar-refractivity contribution in [2.45, 2.75) is 33.6 Å². The van der Waals surface area contributed by atoms with Crippen molar-refractivity contribution in [1.82, 2.24) is 0 Å². The topological polar surface area (TPSA) is 96.0 Å². The summed E-state index contributed by atoms with van der Waals surface area (Å²) in [5.41, 5.74) is -1.15. The zero-order valence-corrected chi connectivity index (χ0v) is 15.0. The van der Waals surface area contributed by atoms with Crippen LogP contribution in [0.15, 0.2) is 11.6 Å². The SMILES string of the molecule is C/C=C1/C(=O)[C@@H]2CC(C(=O)OCC)(C(=O)OCC)C[C@@H]2[C@H]1C(=O)OC. The van der Waals surface area contributed by atoms with Gasteiger partial charge in [-0.1, -0.05) is 6.08 Å². The molecule has 2 aliphatic rings. The maximum absolute atomic E-state index is 12.7. The molecule has 7 heteroatoms. The number of ether oxygens (including phenoxy) is 3. The van der Waals surface area contributed by atoms with E-state index >= 15 is 0 Å². The fourth-order valence-electron chi connectivity index (χ4n) is 4.10. The zero-order chi connectivity index (χ0) is 18.8. The van der Waals surface area contributed by atoms with E-state index in [0.29, 0.717) is 5.57 Å². The Labute approximate surface area is 146 Å². The van der Waals surface area contributed by atoms with Crippen LogP contribution in [0.25, 0.3) is 0 Å². The molecule has 3 atom stereocenters. The van der Waals surface area contributed by atoms with Gasteiger partial charge in [-0.25, -0.2) is 0 Å². The van der Waals surface area contributed by atoms with Crippen LogP contribution >= 0.6 is 0 Å². The lowest BCUT2D eigenvalue weighted by Gasteiger charge is -2.26. The third-order valence-electron chi connectivity index (χ3n) is 5.15. The summed E-state index contributed by atoms with van der Waals surface area (Å²) in [4.78, 5) is 50.1. The van der Waals surface area contributed by atoms with Gasteiger partial charge < -0.3 is 14.2 Å². The normalized spacial score (nSPS) is 28.6. The van der Waals surface area contributed by atoms with E-state index in [2.05, 4.69) is 0 Å². The van der Waals surface area contributed by atoms with Crippen molar-refractivity contribution in [2.24, 2.45) is 23.2 Å². The average molecular weight is 352 g/mol. The molecular formula is C18H24O7. The van der Waals surface area contributed by atoms with Gasteiger partial charge in [0.1, 0.15) is 0 Å². The Balaban J connectivity index is 2.44. The lowest BCUT2D eigenvalue weighted by Crippen LogP contribution is -2.41. The fourth-order valence-corrected chi connectivity index (χ4v) is 4.10. The summed E-state index contributed by atoms with van der Waals surface area (Å²) in [7, 11) is 1.26. The van der Waals surface area contributed by atoms with Gasteiger partial charge >= 0.3 is 17.9 Å². The van der Waals surface area contributed by atoms with Crippen molar-refractivity contribution in [1.29, 1.82) is 0 Å². The highest BCUT2D eigenvalue weighted by molar-refractivity contribution is 6.08. The molecule has 0 saturated heterocycles. The van der Waals surface area contributed by atoms with Crippen LogP contribution in [-0.4, -0.2) is 44.0 Å². The lowest BCUT2D eigenvalue weighted by molar-refractivity contribution is -0.172. The second-order valence-electron chi connectivity index (χ2n) is 6.31. The van der Waals surface area contributed by atoms with Crippen LogP contribution in [0.1, 0.15) is 33.6 Å². The summed E-state index contributed by atoms with van der Waals surface area (Å²) in [5.74, 6) is -3.96. The molecule has 0 N–H and O–H groups in total. The molecule has 7 nitrogen and oxygen atoms in total. The van der Waals surface area contributed by atoms with Crippen LogP contribution < -0.4 is 0 Å². The number of rotatable bonds is 5. The number of ketones is 1. The summed E-state index contributed by atoms with van der Waals surface area (Å²) < 4.78 is 15.0. The van der Waals surface area contributed by atoms with Crippen molar-refractivity contribution in [3.63, 3.8) is 0 Å². The number of methoxy groups -OCH3 is 1. The molecule has 2 saturated carbocycles. The van der Waals surface area contributed by atoms with Gasteiger partial charge in [0.2, 0.25) is 0 Å². The van der Waals surface area contributed by atoms with E-state index in [9.17, 15) is 19.2 Å². The van der Waals surface area contributed by atoms with Gasteiger partial charge in [0, 0.05) is 11.5 Å². The van der Waals surface area contributed by atoms with E-state index in [-0.39, 0.29) is 31.8 Å². The minimum Gasteiger partial charge on any atom is -0.469 e. The number of allylic oxidation sites excluding steroid dienone is 1. The molecule has 0 spiro atoms. The highest BCUT2D eigenvalue weighted by Gasteiger charge is 2.65. The number of fused-ring (bicyclic) bond motifs is 1. The molecule has 0 unspecified atom stereocenters. The Hall–Kier alpha value is -2.18. The number of carbonyl (C=O) groups excluding carboxylic acids is 4. The molecule has 2 fully saturated rings. The van der Waals surface area contributed by atoms with E-state index in [0.717, 1.165) is 0 Å². The predicted octanol–water partition coefficient (Wildman–Crippen LogP) is 1.44. The Bertz CT molecular complexity index is 601. The minimum absolute atomic E-state index is 0.000991. The van der Waals surface area contributed by atoms with Crippen molar-refractivity contribution < 1.29 is 33.4 Å². The molecule has 25 heavy (non-hydrogen) atoms. The number of Topliss-reactive ketones (excluding diaryl/α,β-unsaturated/α-hetero) is 1. The monoisotopic (exact) mass is 352 g/mol. The molecule has 0 aromatic carbocycles. The quantitative estimate of drug-likeness (QED) is 0.320. The molecule has 0 aromatic heterocycles. The van der Waals surface area contributed by atoms with Gasteiger partial charge in [-0.05, 0) is 39.5 Å². The van der Waals surface area contributed by atoms with Crippen LogP contribution in [0, 0.1) is 23.2 Å². The summed E-state index contributed by atoms with van der Waals surface area (Å²) >= 11 is 0. The molecule has 2 rings (SSSR count). The molecule has 0 bridgehead atoms. The molecule has 0 radical (unpaired) electrons. The Morgan fingerprint density at radius 2 is 1.68 bits per heavy atom. The summed E-state index contributed by atoms with van der Waals surface area (Å²) in [6.45, 7) is 5.21.